The Kier molecular flexibility index (Phi) is 6.26. The highest BCUT2D eigenvalue weighted by molar-refractivity contribution is 9.10. The summed E-state index contributed by atoms with van der Waals surface area (Å²) >= 11 is 3.42. The van der Waals surface area contributed by atoms with Crippen molar-refractivity contribution in [2.45, 2.75) is 31.7 Å². The largest absolute Gasteiger partial charge is 0.396 e. The van der Waals surface area contributed by atoms with Crippen molar-refractivity contribution < 1.29 is 9.90 Å². The third-order valence-corrected chi connectivity index (χ3v) is 4.17. The molecule has 1 fully saturated rings. The van der Waals surface area contributed by atoms with Crippen molar-refractivity contribution >= 4 is 28.0 Å². The second kappa shape index (κ2) is 8.20. The first-order valence-electron chi connectivity index (χ1n) is 7.31. The van der Waals surface area contributed by atoms with Crippen molar-refractivity contribution in [2.75, 3.05) is 13.2 Å². The third-order valence-electron chi connectivity index (χ3n) is 3.68. The lowest BCUT2D eigenvalue weighted by Crippen LogP contribution is -2.47. The SMILES string of the molecule is O=C(N/C=C/c1cccc(Br)c1)N1CCCCC1CCO. The van der Waals surface area contributed by atoms with Gasteiger partial charge in [-0.05, 0) is 49.5 Å². The Balaban J connectivity index is 1.91. The molecule has 0 bridgehead atoms. The lowest BCUT2D eigenvalue weighted by Gasteiger charge is -2.35. The number of amides is 2. The summed E-state index contributed by atoms with van der Waals surface area (Å²) in [6.07, 6.45) is 7.33. The summed E-state index contributed by atoms with van der Waals surface area (Å²) in [6, 6.07) is 7.94. The van der Waals surface area contributed by atoms with Crippen molar-refractivity contribution in [2.24, 2.45) is 0 Å². The molecule has 0 aromatic heterocycles. The average molecular weight is 353 g/mol. The highest BCUT2D eigenvalue weighted by atomic mass is 79.9. The van der Waals surface area contributed by atoms with E-state index in [1.165, 1.54) is 0 Å². The van der Waals surface area contributed by atoms with Gasteiger partial charge in [0, 0.05) is 29.9 Å². The third kappa shape index (κ3) is 4.86. The summed E-state index contributed by atoms with van der Waals surface area (Å²) in [5.74, 6) is 0. The Labute approximate surface area is 134 Å². The van der Waals surface area contributed by atoms with E-state index in [-0.39, 0.29) is 18.7 Å². The van der Waals surface area contributed by atoms with Gasteiger partial charge in [0.15, 0.2) is 0 Å². The van der Waals surface area contributed by atoms with Crippen molar-refractivity contribution in [1.82, 2.24) is 10.2 Å². The molecule has 5 heteroatoms. The molecule has 0 aliphatic carbocycles. The quantitative estimate of drug-likeness (QED) is 0.872. The fourth-order valence-corrected chi connectivity index (χ4v) is 3.04. The number of rotatable bonds is 4. The van der Waals surface area contributed by atoms with Crippen LogP contribution in [-0.4, -0.2) is 35.2 Å². The van der Waals surface area contributed by atoms with Crippen molar-refractivity contribution in [1.29, 1.82) is 0 Å². The van der Waals surface area contributed by atoms with Gasteiger partial charge >= 0.3 is 6.03 Å². The number of aliphatic hydroxyl groups is 1. The van der Waals surface area contributed by atoms with Crippen LogP contribution >= 0.6 is 15.9 Å². The van der Waals surface area contributed by atoms with Crippen LogP contribution in [0.2, 0.25) is 0 Å². The monoisotopic (exact) mass is 352 g/mol. The number of nitrogens with one attached hydrogen (secondary N) is 1. The van der Waals surface area contributed by atoms with Crippen LogP contribution in [0, 0.1) is 0 Å². The minimum Gasteiger partial charge on any atom is -0.396 e. The van der Waals surface area contributed by atoms with Crippen LogP contribution in [0.3, 0.4) is 0 Å². The smallest absolute Gasteiger partial charge is 0.321 e. The molecule has 0 radical (unpaired) electrons. The lowest BCUT2D eigenvalue weighted by molar-refractivity contribution is 0.134. The van der Waals surface area contributed by atoms with Gasteiger partial charge in [0.05, 0.1) is 0 Å². The van der Waals surface area contributed by atoms with Crippen LogP contribution in [0.15, 0.2) is 34.9 Å². The van der Waals surface area contributed by atoms with Crippen molar-refractivity contribution in [3.63, 3.8) is 0 Å². The zero-order chi connectivity index (χ0) is 15.1. The number of halogens is 1. The average Bonchev–Trinajstić information content (AvgIpc) is 2.48. The maximum atomic E-state index is 12.2. The molecule has 1 atom stereocenters. The summed E-state index contributed by atoms with van der Waals surface area (Å²) < 4.78 is 1.01. The molecule has 0 saturated carbocycles. The van der Waals surface area contributed by atoms with E-state index in [1.807, 2.05) is 35.2 Å². The number of aliphatic hydroxyl groups excluding tert-OH is 1. The van der Waals surface area contributed by atoms with E-state index in [1.54, 1.807) is 6.20 Å². The molecule has 1 heterocycles. The molecule has 0 spiro atoms. The highest BCUT2D eigenvalue weighted by Crippen LogP contribution is 2.19. The predicted molar refractivity (Wildman–Crippen MR) is 87.8 cm³/mol. The van der Waals surface area contributed by atoms with Gasteiger partial charge in [-0.25, -0.2) is 4.79 Å². The molecule has 1 aromatic rings. The van der Waals surface area contributed by atoms with Crippen molar-refractivity contribution in [3.8, 4) is 0 Å². The number of hydrogen-bond acceptors (Lipinski definition) is 2. The second-order valence-electron chi connectivity index (χ2n) is 5.19. The standard InChI is InChI=1S/C16H21BrN2O2/c17-14-5-3-4-13(12-14)7-9-18-16(21)19-10-2-1-6-15(19)8-11-20/h3-5,7,9,12,15,20H,1-2,6,8,10-11H2,(H,18,21)/b9-7+. The van der Waals surface area contributed by atoms with Gasteiger partial charge in [-0.2, -0.15) is 0 Å². The number of nitrogens with zero attached hydrogens (tertiary/aromatic N) is 1. The lowest BCUT2D eigenvalue weighted by atomic mass is 10.0. The Morgan fingerprint density at radius 1 is 1.48 bits per heavy atom. The molecule has 2 N–H and O–H groups in total. The van der Waals surface area contributed by atoms with E-state index in [4.69, 9.17) is 5.11 Å². The Morgan fingerprint density at radius 2 is 2.33 bits per heavy atom. The predicted octanol–water partition coefficient (Wildman–Crippen LogP) is 3.37. The van der Waals surface area contributed by atoms with Crippen molar-refractivity contribution in [3.05, 3.63) is 40.5 Å². The molecule has 1 aromatic carbocycles. The fraction of sp³-hybridized carbons (Fsp3) is 0.438. The maximum Gasteiger partial charge on any atom is 0.321 e. The minimum absolute atomic E-state index is 0.0839. The van der Waals surface area contributed by atoms with E-state index in [0.717, 1.165) is 35.8 Å². The first-order chi connectivity index (χ1) is 10.2. The van der Waals surface area contributed by atoms with E-state index in [0.29, 0.717) is 6.42 Å². The number of urea groups is 1. The summed E-state index contributed by atoms with van der Waals surface area (Å²) in [4.78, 5) is 14.1. The highest BCUT2D eigenvalue weighted by Gasteiger charge is 2.25. The molecular formula is C16H21BrN2O2. The maximum absolute atomic E-state index is 12.2. The van der Waals surface area contributed by atoms with Gasteiger partial charge in [-0.15, -0.1) is 0 Å². The number of piperidine rings is 1. The topological polar surface area (TPSA) is 52.6 Å². The summed E-state index contributed by atoms with van der Waals surface area (Å²) in [5.41, 5.74) is 1.02. The van der Waals surface area contributed by atoms with Gasteiger partial charge in [-0.3, -0.25) is 0 Å². The van der Waals surface area contributed by atoms with Crippen LogP contribution in [0.4, 0.5) is 4.79 Å². The van der Waals surface area contributed by atoms with E-state index in [2.05, 4.69) is 21.2 Å². The van der Waals surface area contributed by atoms with Gasteiger partial charge < -0.3 is 15.3 Å². The Hall–Kier alpha value is -1.33. The number of carbonyl (C=O) groups excluding carboxylic acids is 1. The molecule has 2 rings (SSSR count). The minimum atomic E-state index is -0.0839. The summed E-state index contributed by atoms with van der Waals surface area (Å²) in [7, 11) is 0. The molecule has 114 valence electrons. The van der Waals surface area contributed by atoms with Gasteiger partial charge in [0.25, 0.3) is 0 Å². The zero-order valence-corrected chi connectivity index (χ0v) is 13.6. The van der Waals surface area contributed by atoms with Crippen LogP contribution in [0.1, 0.15) is 31.2 Å². The van der Waals surface area contributed by atoms with Crippen LogP contribution in [-0.2, 0) is 0 Å². The zero-order valence-electron chi connectivity index (χ0n) is 12.0. The van der Waals surface area contributed by atoms with Crippen LogP contribution in [0.5, 0.6) is 0 Å². The number of likely N-dealkylation sites (tertiary alicyclic amines) is 1. The Bertz CT molecular complexity index is 503. The number of benzene rings is 1. The van der Waals surface area contributed by atoms with E-state index in [9.17, 15) is 4.79 Å². The fourth-order valence-electron chi connectivity index (χ4n) is 2.62. The molecular weight excluding hydrogens is 332 g/mol. The molecule has 21 heavy (non-hydrogen) atoms. The second-order valence-corrected chi connectivity index (χ2v) is 6.11. The molecule has 1 saturated heterocycles. The molecule has 4 nitrogen and oxygen atoms in total. The summed E-state index contributed by atoms with van der Waals surface area (Å²) in [5, 5.41) is 11.9. The first kappa shape index (κ1) is 16.0. The van der Waals surface area contributed by atoms with Gasteiger partial charge in [0.2, 0.25) is 0 Å². The number of carbonyl (C=O) groups is 1. The Morgan fingerprint density at radius 3 is 3.10 bits per heavy atom. The van der Waals surface area contributed by atoms with Crippen LogP contribution in [0.25, 0.3) is 6.08 Å². The molecule has 2 amide bonds. The number of hydrogen-bond donors (Lipinski definition) is 2. The molecule has 1 unspecified atom stereocenters. The first-order valence-corrected chi connectivity index (χ1v) is 8.10. The normalized spacial score (nSPS) is 19.0. The molecule has 1 aliphatic heterocycles. The van der Waals surface area contributed by atoms with E-state index < -0.39 is 0 Å². The van der Waals surface area contributed by atoms with Gasteiger partial charge in [-0.1, -0.05) is 28.1 Å². The molecule has 1 aliphatic rings. The van der Waals surface area contributed by atoms with Crippen LogP contribution < -0.4 is 5.32 Å². The van der Waals surface area contributed by atoms with Gasteiger partial charge in [0.1, 0.15) is 0 Å². The van der Waals surface area contributed by atoms with E-state index >= 15 is 0 Å². The summed E-state index contributed by atoms with van der Waals surface area (Å²) in [6.45, 7) is 0.892.